The minimum atomic E-state index is -0.267. The lowest BCUT2D eigenvalue weighted by Gasteiger charge is -2.26. The summed E-state index contributed by atoms with van der Waals surface area (Å²) in [6.45, 7) is 5.23. The maximum atomic E-state index is 10.9. The molecule has 0 saturated heterocycles. The summed E-state index contributed by atoms with van der Waals surface area (Å²) in [4.78, 5) is 10.9. The first-order chi connectivity index (χ1) is 5.52. The molecule has 0 aromatic rings. The minimum absolute atomic E-state index is 0.267. The van der Waals surface area contributed by atoms with Crippen LogP contribution in [0.2, 0.25) is 0 Å². The van der Waals surface area contributed by atoms with Gasteiger partial charge in [0.05, 0.1) is 20.6 Å². The Hall–Kier alpha value is -0.830. The lowest BCUT2D eigenvalue weighted by atomic mass is 10.5. The van der Waals surface area contributed by atoms with Crippen molar-refractivity contribution in [1.82, 2.24) is 0 Å². The Morgan fingerprint density at radius 2 is 2.08 bits per heavy atom. The fraction of sp³-hybridized carbons (Fsp3) is 0.667. The number of esters is 1. The van der Waals surface area contributed by atoms with Gasteiger partial charge in [0.15, 0.2) is 0 Å². The van der Waals surface area contributed by atoms with E-state index < -0.39 is 0 Å². The molecule has 0 saturated carbocycles. The van der Waals surface area contributed by atoms with Crippen molar-refractivity contribution in [2.45, 2.75) is 13.8 Å². The third-order valence-electron chi connectivity index (χ3n) is 1.72. The van der Waals surface area contributed by atoms with E-state index in [-0.39, 0.29) is 5.97 Å². The van der Waals surface area contributed by atoms with Gasteiger partial charge in [-0.25, -0.2) is 4.79 Å². The summed E-state index contributed by atoms with van der Waals surface area (Å²) in [5.74, 6) is -0.267. The number of hydrogen-bond acceptors (Lipinski definition) is 2. The van der Waals surface area contributed by atoms with Gasteiger partial charge in [-0.3, -0.25) is 4.48 Å². The van der Waals surface area contributed by atoms with Gasteiger partial charge in [0.2, 0.25) is 6.73 Å². The van der Waals surface area contributed by atoms with Crippen molar-refractivity contribution in [2.75, 3.05) is 27.4 Å². The molecule has 12 heavy (non-hydrogen) atoms. The van der Waals surface area contributed by atoms with E-state index in [1.807, 2.05) is 14.1 Å². The molecule has 0 amide bonds. The molecule has 0 aliphatic rings. The van der Waals surface area contributed by atoms with Gasteiger partial charge in [0, 0.05) is 6.08 Å². The number of quaternary nitrogens is 1. The van der Waals surface area contributed by atoms with Crippen LogP contribution >= 0.6 is 0 Å². The third kappa shape index (κ3) is 4.91. The zero-order valence-electron chi connectivity index (χ0n) is 8.33. The van der Waals surface area contributed by atoms with Gasteiger partial charge in [-0.15, -0.1) is 0 Å². The number of carbonyl (C=O) groups is 1. The highest BCUT2D eigenvalue weighted by Gasteiger charge is 2.12. The van der Waals surface area contributed by atoms with Crippen LogP contribution in [0.5, 0.6) is 0 Å². The van der Waals surface area contributed by atoms with Crippen molar-refractivity contribution >= 4 is 5.97 Å². The van der Waals surface area contributed by atoms with E-state index in [0.717, 1.165) is 6.54 Å². The highest BCUT2D eigenvalue weighted by molar-refractivity contribution is 5.81. The van der Waals surface area contributed by atoms with Crippen LogP contribution in [0.4, 0.5) is 0 Å². The molecule has 0 aliphatic heterocycles. The summed E-state index contributed by atoms with van der Waals surface area (Å²) in [7, 11) is 4.03. The minimum Gasteiger partial charge on any atom is -0.412 e. The molecule has 0 spiro atoms. The van der Waals surface area contributed by atoms with E-state index in [0.29, 0.717) is 11.2 Å². The molecule has 0 aromatic carbocycles. The maximum Gasteiger partial charge on any atom is 0.334 e. The predicted octanol–water partition coefficient (Wildman–Crippen LogP) is 1.16. The van der Waals surface area contributed by atoms with Gasteiger partial charge >= 0.3 is 5.97 Å². The molecule has 3 heteroatoms. The Bertz CT molecular complexity index is 173. The summed E-state index contributed by atoms with van der Waals surface area (Å²) in [6, 6.07) is 0. The molecule has 0 fully saturated rings. The Labute approximate surface area is 74.2 Å². The summed E-state index contributed by atoms with van der Waals surface area (Å²) in [6.07, 6.45) is 3.10. The molecule has 0 heterocycles. The summed E-state index contributed by atoms with van der Waals surface area (Å²) in [5, 5.41) is 0. The van der Waals surface area contributed by atoms with Crippen molar-refractivity contribution in [3.05, 3.63) is 12.2 Å². The maximum absolute atomic E-state index is 10.9. The molecule has 0 bridgehead atoms. The van der Waals surface area contributed by atoms with Gasteiger partial charge in [0.25, 0.3) is 0 Å². The second-order valence-electron chi connectivity index (χ2n) is 3.34. The normalized spacial score (nSPS) is 12.0. The number of hydrogen-bond donors (Lipinski definition) is 0. The van der Waals surface area contributed by atoms with E-state index in [2.05, 4.69) is 6.92 Å². The number of allylic oxidation sites excluding steroid dienone is 1. The van der Waals surface area contributed by atoms with Gasteiger partial charge in [-0.05, 0) is 13.8 Å². The number of nitrogens with zero attached hydrogens (tertiary/aromatic N) is 1. The molecule has 70 valence electrons. The molecule has 0 N–H and O–H groups in total. The SMILES string of the molecule is CC=CC(=O)OC[N+](C)(C)CC. The summed E-state index contributed by atoms with van der Waals surface area (Å²) in [5.41, 5.74) is 0. The van der Waals surface area contributed by atoms with E-state index in [4.69, 9.17) is 4.74 Å². The molecular weight excluding hydrogens is 154 g/mol. The van der Waals surface area contributed by atoms with E-state index >= 15 is 0 Å². The Morgan fingerprint density at radius 3 is 2.50 bits per heavy atom. The van der Waals surface area contributed by atoms with Crippen LogP contribution in [0.3, 0.4) is 0 Å². The van der Waals surface area contributed by atoms with Crippen molar-refractivity contribution in [1.29, 1.82) is 0 Å². The zero-order chi connectivity index (χ0) is 9.61. The van der Waals surface area contributed by atoms with Gasteiger partial charge < -0.3 is 4.74 Å². The first-order valence-electron chi connectivity index (χ1n) is 4.13. The molecule has 0 radical (unpaired) electrons. The average molecular weight is 172 g/mol. The quantitative estimate of drug-likeness (QED) is 0.275. The topological polar surface area (TPSA) is 26.3 Å². The zero-order valence-corrected chi connectivity index (χ0v) is 8.33. The summed E-state index contributed by atoms with van der Waals surface area (Å²) >= 11 is 0. The summed E-state index contributed by atoms with van der Waals surface area (Å²) < 4.78 is 5.68. The van der Waals surface area contributed by atoms with Crippen LogP contribution in [0.25, 0.3) is 0 Å². The Kier molecular flexibility index (Phi) is 4.59. The lowest BCUT2D eigenvalue weighted by Crippen LogP contribution is -2.41. The molecule has 0 rings (SSSR count). The number of carbonyl (C=O) groups excluding carboxylic acids is 1. The van der Waals surface area contributed by atoms with E-state index in [1.165, 1.54) is 6.08 Å². The highest BCUT2D eigenvalue weighted by atomic mass is 16.5. The molecule has 0 aliphatic carbocycles. The monoisotopic (exact) mass is 172 g/mol. The van der Waals surface area contributed by atoms with Gasteiger partial charge in [0.1, 0.15) is 0 Å². The second-order valence-corrected chi connectivity index (χ2v) is 3.34. The second kappa shape index (κ2) is 4.93. The Morgan fingerprint density at radius 1 is 1.50 bits per heavy atom. The number of rotatable bonds is 4. The van der Waals surface area contributed by atoms with E-state index in [9.17, 15) is 4.79 Å². The Balaban J connectivity index is 3.75. The first kappa shape index (κ1) is 11.2. The van der Waals surface area contributed by atoms with Crippen LogP contribution in [0, 0.1) is 0 Å². The lowest BCUT2D eigenvalue weighted by molar-refractivity contribution is -0.905. The fourth-order valence-electron chi connectivity index (χ4n) is 0.514. The van der Waals surface area contributed by atoms with E-state index in [1.54, 1.807) is 13.0 Å². The van der Waals surface area contributed by atoms with Crippen LogP contribution in [0.1, 0.15) is 13.8 Å². The smallest absolute Gasteiger partial charge is 0.334 e. The fourth-order valence-corrected chi connectivity index (χ4v) is 0.514. The first-order valence-corrected chi connectivity index (χ1v) is 4.13. The van der Waals surface area contributed by atoms with Gasteiger partial charge in [-0.1, -0.05) is 6.08 Å². The van der Waals surface area contributed by atoms with Crippen LogP contribution in [-0.2, 0) is 9.53 Å². The standard InChI is InChI=1S/C9H18NO2/c1-5-7-9(11)12-8-10(3,4)6-2/h5,7H,6,8H2,1-4H3/q+1. The number of ether oxygens (including phenoxy) is 1. The largest absolute Gasteiger partial charge is 0.412 e. The third-order valence-corrected chi connectivity index (χ3v) is 1.72. The van der Waals surface area contributed by atoms with Crippen molar-refractivity contribution in [3.8, 4) is 0 Å². The van der Waals surface area contributed by atoms with Gasteiger partial charge in [-0.2, -0.15) is 0 Å². The molecule has 3 nitrogen and oxygen atoms in total. The van der Waals surface area contributed by atoms with Crippen molar-refractivity contribution in [2.24, 2.45) is 0 Å². The van der Waals surface area contributed by atoms with Crippen LogP contribution in [0.15, 0.2) is 12.2 Å². The highest BCUT2D eigenvalue weighted by Crippen LogP contribution is 1.96. The van der Waals surface area contributed by atoms with Crippen molar-refractivity contribution < 1.29 is 14.0 Å². The van der Waals surface area contributed by atoms with Crippen LogP contribution < -0.4 is 0 Å². The van der Waals surface area contributed by atoms with Crippen molar-refractivity contribution in [3.63, 3.8) is 0 Å². The average Bonchev–Trinajstić information content (AvgIpc) is 2.02. The molecular formula is C9H18NO2+. The predicted molar refractivity (Wildman–Crippen MR) is 48.4 cm³/mol. The molecule has 0 aromatic heterocycles. The van der Waals surface area contributed by atoms with Crippen LogP contribution in [-0.4, -0.2) is 37.8 Å². The molecule has 0 atom stereocenters. The molecule has 0 unspecified atom stereocenters.